The van der Waals surface area contributed by atoms with Gasteiger partial charge in [-0.05, 0) is 55.5 Å². The van der Waals surface area contributed by atoms with Crippen molar-refractivity contribution in [3.8, 4) is 0 Å². The summed E-state index contributed by atoms with van der Waals surface area (Å²) in [7, 11) is 1.70. The SMILES string of the molecule is COCCn1c([C@H](C)NC(=O)CC2(n3cccc3)CCSCC2)nc2ccccc21. The molecule has 0 bridgehead atoms. The number of nitrogens with one attached hydrogen (secondary N) is 1. The van der Waals surface area contributed by atoms with Crippen molar-refractivity contribution in [3.63, 3.8) is 0 Å². The molecule has 1 aromatic carbocycles. The van der Waals surface area contributed by atoms with E-state index in [1.165, 1.54) is 0 Å². The molecule has 2 aromatic heterocycles. The monoisotopic (exact) mass is 426 g/mol. The zero-order valence-corrected chi connectivity index (χ0v) is 18.5. The first-order chi connectivity index (χ1) is 14.6. The first kappa shape index (κ1) is 21.0. The predicted molar refractivity (Wildman–Crippen MR) is 122 cm³/mol. The lowest BCUT2D eigenvalue weighted by atomic mass is 9.87. The fourth-order valence-corrected chi connectivity index (χ4v) is 5.68. The number of carbonyl (C=O) groups is 1. The summed E-state index contributed by atoms with van der Waals surface area (Å²) in [4.78, 5) is 18.0. The summed E-state index contributed by atoms with van der Waals surface area (Å²) < 4.78 is 9.69. The van der Waals surface area contributed by atoms with Gasteiger partial charge in [0.25, 0.3) is 0 Å². The second kappa shape index (κ2) is 9.27. The highest BCUT2D eigenvalue weighted by atomic mass is 32.2. The van der Waals surface area contributed by atoms with Crippen LogP contribution in [-0.4, -0.2) is 45.2 Å². The molecule has 0 spiro atoms. The van der Waals surface area contributed by atoms with Crippen molar-refractivity contribution in [1.82, 2.24) is 19.4 Å². The van der Waals surface area contributed by atoms with E-state index < -0.39 is 0 Å². The number of amides is 1. The number of hydrogen-bond acceptors (Lipinski definition) is 4. The minimum absolute atomic E-state index is 0.0773. The van der Waals surface area contributed by atoms with Crippen LogP contribution in [0.1, 0.15) is 38.1 Å². The summed E-state index contributed by atoms with van der Waals surface area (Å²) in [6.07, 6.45) is 6.71. The number of nitrogens with zero attached hydrogens (tertiary/aromatic N) is 3. The van der Waals surface area contributed by atoms with Crippen LogP contribution in [0.2, 0.25) is 0 Å². The van der Waals surface area contributed by atoms with Gasteiger partial charge in [-0.3, -0.25) is 4.79 Å². The minimum atomic E-state index is -0.179. The smallest absolute Gasteiger partial charge is 0.222 e. The lowest BCUT2D eigenvalue weighted by molar-refractivity contribution is -0.124. The maximum absolute atomic E-state index is 13.1. The average Bonchev–Trinajstić information content (AvgIpc) is 3.41. The molecule has 0 aliphatic carbocycles. The molecule has 1 amide bonds. The average molecular weight is 427 g/mol. The summed E-state index contributed by atoms with van der Waals surface area (Å²) in [5.74, 6) is 3.13. The molecule has 3 heterocycles. The maximum atomic E-state index is 13.1. The molecule has 4 rings (SSSR count). The van der Waals surface area contributed by atoms with Gasteiger partial charge in [-0.15, -0.1) is 0 Å². The normalized spacial score (nSPS) is 17.1. The van der Waals surface area contributed by atoms with E-state index in [1.54, 1.807) is 7.11 Å². The summed E-state index contributed by atoms with van der Waals surface area (Å²) in [5.41, 5.74) is 1.88. The van der Waals surface area contributed by atoms with E-state index in [0.717, 1.165) is 41.2 Å². The van der Waals surface area contributed by atoms with Crippen LogP contribution in [0, 0.1) is 0 Å². The topological polar surface area (TPSA) is 61.1 Å². The Morgan fingerprint density at radius 3 is 2.70 bits per heavy atom. The van der Waals surface area contributed by atoms with E-state index in [4.69, 9.17) is 9.72 Å². The van der Waals surface area contributed by atoms with Crippen molar-refractivity contribution in [3.05, 3.63) is 54.6 Å². The van der Waals surface area contributed by atoms with Gasteiger partial charge in [0.1, 0.15) is 5.82 Å². The zero-order valence-electron chi connectivity index (χ0n) is 17.7. The summed E-state index contributed by atoms with van der Waals surface area (Å²) >= 11 is 1.97. The van der Waals surface area contributed by atoms with Gasteiger partial charge in [0.05, 0.1) is 35.6 Å². The Morgan fingerprint density at radius 1 is 1.23 bits per heavy atom. The molecule has 0 unspecified atom stereocenters. The number of ether oxygens (including phenoxy) is 1. The highest BCUT2D eigenvalue weighted by molar-refractivity contribution is 7.99. The Hall–Kier alpha value is -2.25. The van der Waals surface area contributed by atoms with Gasteiger partial charge in [0, 0.05) is 26.0 Å². The first-order valence-electron chi connectivity index (χ1n) is 10.6. The molecule has 160 valence electrons. The Bertz CT molecular complexity index is 976. The van der Waals surface area contributed by atoms with Crippen LogP contribution in [0.15, 0.2) is 48.8 Å². The standard InChI is InChI=1S/C23H30N4O2S/c1-18(22-25-19-7-3-4-8-20(19)27(22)13-14-29-2)24-21(28)17-23(9-15-30-16-10-23)26-11-5-6-12-26/h3-8,11-12,18H,9-10,13-17H2,1-2H3,(H,24,28)/t18-/m0/s1. The van der Waals surface area contributed by atoms with Gasteiger partial charge in [-0.25, -0.2) is 4.98 Å². The second-order valence-electron chi connectivity index (χ2n) is 8.00. The number of imidazole rings is 1. The number of rotatable bonds is 8. The number of benzene rings is 1. The number of carbonyl (C=O) groups excluding carboxylic acids is 1. The lowest BCUT2D eigenvalue weighted by Gasteiger charge is -2.38. The number of hydrogen-bond donors (Lipinski definition) is 1. The van der Waals surface area contributed by atoms with E-state index in [-0.39, 0.29) is 17.5 Å². The molecule has 30 heavy (non-hydrogen) atoms. The van der Waals surface area contributed by atoms with Crippen LogP contribution >= 0.6 is 11.8 Å². The van der Waals surface area contributed by atoms with Crippen molar-refractivity contribution in [1.29, 1.82) is 0 Å². The van der Waals surface area contributed by atoms with E-state index in [2.05, 4.69) is 32.9 Å². The second-order valence-corrected chi connectivity index (χ2v) is 9.22. The third-order valence-corrected chi connectivity index (χ3v) is 7.02. The maximum Gasteiger partial charge on any atom is 0.222 e. The molecule has 0 saturated carbocycles. The molecule has 3 aromatic rings. The number of thioether (sulfide) groups is 1. The minimum Gasteiger partial charge on any atom is -0.383 e. The Morgan fingerprint density at radius 2 is 1.97 bits per heavy atom. The molecule has 1 aliphatic rings. The van der Waals surface area contributed by atoms with Crippen LogP contribution in [0.3, 0.4) is 0 Å². The predicted octanol–water partition coefficient (Wildman–Crippen LogP) is 3.97. The molecular weight excluding hydrogens is 396 g/mol. The summed E-state index contributed by atoms with van der Waals surface area (Å²) in [6.45, 7) is 3.32. The van der Waals surface area contributed by atoms with Crippen molar-refractivity contribution >= 4 is 28.7 Å². The summed E-state index contributed by atoms with van der Waals surface area (Å²) in [6, 6.07) is 12.0. The third kappa shape index (κ3) is 4.27. The van der Waals surface area contributed by atoms with Crippen LogP contribution < -0.4 is 5.32 Å². The third-order valence-electron chi connectivity index (χ3n) is 6.03. The van der Waals surface area contributed by atoms with Crippen LogP contribution in [-0.2, 0) is 21.6 Å². The quantitative estimate of drug-likeness (QED) is 0.592. The fraction of sp³-hybridized carbons (Fsp3) is 0.478. The van der Waals surface area contributed by atoms with Crippen LogP contribution in [0.25, 0.3) is 11.0 Å². The lowest BCUT2D eigenvalue weighted by Crippen LogP contribution is -2.42. The molecule has 1 N–H and O–H groups in total. The largest absolute Gasteiger partial charge is 0.383 e. The Labute approximate surface area is 182 Å². The first-order valence-corrected chi connectivity index (χ1v) is 11.7. The molecule has 1 aliphatic heterocycles. The summed E-state index contributed by atoms with van der Waals surface area (Å²) in [5, 5.41) is 3.22. The van der Waals surface area contributed by atoms with Crippen molar-refractivity contribution < 1.29 is 9.53 Å². The van der Waals surface area contributed by atoms with Gasteiger partial charge in [-0.1, -0.05) is 12.1 Å². The molecule has 6 nitrogen and oxygen atoms in total. The highest BCUT2D eigenvalue weighted by Gasteiger charge is 2.36. The van der Waals surface area contributed by atoms with E-state index in [9.17, 15) is 4.79 Å². The Balaban J connectivity index is 1.53. The van der Waals surface area contributed by atoms with Gasteiger partial charge in [0.2, 0.25) is 5.91 Å². The van der Waals surface area contributed by atoms with Crippen molar-refractivity contribution in [2.75, 3.05) is 25.2 Å². The highest BCUT2D eigenvalue weighted by Crippen LogP contribution is 2.37. The number of methoxy groups -OCH3 is 1. The molecule has 1 atom stereocenters. The number of fused-ring (bicyclic) bond motifs is 1. The zero-order chi connectivity index (χ0) is 21.0. The molecule has 7 heteroatoms. The van der Waals surface area contributed by atoms with Gasteiger partial charge < -0.3 is 19.2 Å². The van der Waals surface area contributed by atoms with Gasteiger partial charge in [-0.2, -0.15) is 11.8 Å². The van der Waals surface area contributed by atoms with Crippen molar-refractivity contribution in [2.45, 2.75) is 44.3 Å². The molecule has 0 radical (unpaired) electrons. The van der Waals surface area contributed by atoms with E-state index in [1.807, 2.05) is 49.0 Å². The Kier molecular flexibility index (Phi) is 6.49. The fourth-order valence-electron chi connectivity index (χ4n) is 4.43. The van der Waals surface area contributed by atoms with Gasteiger partial charge >= 0.3 is 0 Å². The molecule has 1 fully saturated rings. The number of para-hydroxylation sites is 2. The van der Waals surface area contributed by atoms with Crippen molar-refractivity contribution in [2.24, 2.45) is 0 Å². The van der Waals surface area contributed by atoms with Crippen LogP contribution in [0.5, 0.6) is 0 Å². The number of aromatic nitrogens is 3. The van der Waals surface area contributed by atoms with Crippen LogP contribution in [0.4, 0.5) is 0 Å². The molecule has 1 saturated heterocycles. The van der Waals surface area contributed by atoms with E-state index >= 15 is 0 Å². The molecular formula is C23H30N4O2S. The van der Waals surface area contributed by atoms with Gasteiger partial charge in [0.15, 0.2) is 0 Å². The van der Waals surface area contributed by atoms with E-state index in [0.29, 0.717) is 19.6 Å².